The molecule has 1 aromatic carbocycles. The van der Waals surface area contributed by atoms with Crippen molar-refractivity contribution in [1.29, 1.82) is 0 Å². The highest BCUT2D eigenvalue weighted by Gasteiger charge is 2.13. The van der Waals surface area contributed by atoms with E-state index in [0.29, 0.717) is 16.3 Å². The normalized spacial score (nSPS) is 12.6. The molecular formula is C9H11ClO3. The highest BCUT2D eigenvalue weighted by Crippen LogP contribution is 2.32. The minimum absolute atomic E-state index is 0.350. The molecule has 1 aromatic rings. The lowest BCUT2D eigenvalue weighted by Crippen LogP contribution is -2.04. The van der Waals surface area contributed by atoms with Gasteiger partial charge in [-0.25, -0.2) is 0 Å². The zero-order chi connectivity index (χ0) is 9.84. The second kappa shape index (κ2) is 4.46. The van der Waals surface area contributed by atoms with Crippen LogP contribution in [0.3, 0.4) is 0 Å². The first kappa shape index (κ1) is 10.3. The number of ether oxygens (including phenoxy) is 1. The van der Waals surface area contributed by atoms with Gasteiger partial charge in [-0.05, 0) is 6.07 Å². The molecule has 1 unspecified atom stereocenters. The van der Waals surface area contributed by atoms with E-state index in [4.69, 9.17) is 21.4 Å². The molecular weight excluding hydrogens is 192 g/mol. The molecule has 0 saturated heterocycles. The van der Waals surface area contributed by atoms with Crippen molar-refractivity contribution < 1.29 is 14.9 Å². The Balaban J connectivity index is 3.12. The molecule has 0 aromatic heterocycles. The average molecular weight is 203 g/mol. The van der Waals surface area contributed by atoms with E-state index in [-0.39, 0.29) is 6.61 Å². The number of hydrogen-bond acceptors (Lipinski definition) is 3. The Labute approximate surface area is 81.5 Å². The molecule has 72 valence electrons. The lowest BCUT2D eigenvalue weighted by molar-refractivity contribution is 0.0934. The van der Waals surface area contributed by atoms with Gasteiger partial charge in [-0.3, -0.25) is 0 Å². The molecule has 2 N–H and O–H groups in total. The van der Waals surface area contributed by atoms with Crippen LogP contribution in [0.1, 0.15) is 11.7 Å². The van der Waals surface area contributed by atoms with Crippen LogP contribution in [0, 0.1) is 0 Å². The van der Waals surface area contributed by atoms with Crippen molar-refractivity contribution >= 4 is 11.6 Å². The Morgan fingerprint density at radius 1 is 1.54 bits per heavy atom. The number of halogens is 1. The van der Waals surface area contributed by atoms with Gasteiger partial charge in [0.25, 0.3) is 0 Å². The number of hydrogen-bond donors (Lipinski definition) is 2. The van der Waals surface area contributed by atoms with Gasteiger partial charge < -0.3 is 14.9 Å². The van der Waals surface area contributed by atoms with Crippen molar-refractivity contribution in [2.75, 3.05) is 13.7 Å². The Morgan fingerprint density at radius 2 is 2.23 bits per heavy atom. The van der Waals surface area contributed by atoms with Gasteiger partial charge in [-0.15, -0.1) is 0 Å². The monoisotopic (exact) mass is 202 g/mol. The van der Waals surface area contributed by atoms with Crippen molar-refractivity contribution in [3.63, 3.8) is 0 Å². The van der Waals surface area contributed by atoms with Crippen LogP contribution in [0.25, 0.3) is 0 Å². The molecule has 0 fully saturated rings. The molecule has 0 saturated carbocycles. The van der Waals surface area contributed by atoms with Gasteiger partial charge in [0.2, 0.25) is 0 Å². The smallest absolute Gasteiger partial charge is 0.143 e. The second-order valence-corrected chi connectivity index (χ2v) is 2.97. The summed E-state index contributed by atoms with van der Waals surface area (Å²) in [6, 6.07) is 5.01. The molecule has 0 aliphatic rings. The first-order chi connectivity index (χ1) is 6.20. The Kier molecular flexibility index (Phi) is 3.54. The Bertz CT molecular complexity index is 288. The molecule has 4 heteroatoms. The van der Waals surface area contributed by atoms with Crippen molar-refractivity contribution in [3.05, 3.63) is 28.8 Å². The summed E-state index contributed by atoms with van der Waals surface area (Å²) < 4.78 is 5.00. The average Bonchev–Trinajstić information content (AvgIpc) is 2.16. The van der Waals surface area contributed by atoms with Crippen LogP contribution < -0.4 is 4.74 Å². The maximum Gasteiger partial charge on any atom is 0.143 e. The number of benzene rings is 1. The molecule has 0 spiro atoms. The summed E-state index contributed by atoms with van der Waals surface area (Å²) in [6.45, 7) is -0.350. The van der Waals surface area contributed by atoms with E-state index in [9.17, 15) is 5.11 Å². The van der Waals surface area contributed by atoms with Gasteiger partial charge in [0.15, 0.2) is 0 Å². The molecule has 3 nitrogen and oxygen atoms in total. The van der Waals surface area contributed by atoms with Crippen molar-refractivity contribution in [2.45, 2.75) is 6.10 Å². The summed E-state index contributed by atoms with van der Waals surface area (Å²) in [4.78, 5) is 0. The van der Waals surface area contributed by atoms with Crippen LogP contribution >= 0.6 is 11.6 Å². The zero-order valence-electron chi connectivity index (χ0n) is 7.20. The minimum atomic E-state index is -0.950. The molecule has 0 heterocycles. The molecule has 1 atom stereocenters. The van der Waals surface area contributed by atoms with E-state index in [1.807, 2.05) is 0 Å². The summed E-state index contributed by atoms with van der Waals surface area (Å²) >= 11 is 5.81. The van der Waals surface area contributed by atoms with E-state index in [0.717, 1.165) is 0 Å². The second-order valence-electron chi connectivity index (χ2n) is 2.56. The predicted octanol–water partition coefficient (Wildman–Crippen LogP) is 1.37. The standard InChI is InChI=1S/C9H11ClO3/c1-13-9-6(8(12)5-11)3-2-4-7(9)10/h2-4,8,11-12H,5H2,1H3. The number of methoxy groups -OCH3 is 1. The van der Waals surface area contributed by atoms with Crippen LogP contribution in [0.15, 0.2) is 18.2 Å². The van der Waals surface area contributed by atoms with E-state index in [1.165, 1.54) is 7.11 Å². The van der Waals surface area contributed by atoms with E-state index in [1.54, 1.807) is 18.2 Å². The quantitative estimate of drug-likeness (QED) is 0.779. The molecule has 0 aliphatic heterocycles. The van der Waals surface area contributed by atoms with Crippen molar-refractivity contribution in [1.82, 2.24) is 0 Å². The fourth-order valence-corrected chi connectivity index (χ4v) is 1.36. The summed E-state index contributed by atoms with van der Waals surface area (Å²) in [5, 5.41) is 18.6. The first-order valence-electron chi connectivity index (χ1n) is 3.82. The van der Waals surface area contributed by atoms with Crippen LogP contribution in [-0.2, 0) is 0 Å². The third-order valence-corrected chi connectivity index (χ3v) is 2.03. The molecule has 0 amide bonds. The lowest BCUT2D eigenvalue weighted by Gasteiger charge is -2.13. The van der Waals surface area contributed by atoms with Crippen molar-refractivity contribution in [3.8, 4) is 5.75 Å². The Morgan fingerprint density at radius 3 is 2.77 bits per heavy atom. The van der Waals surface area contributed by atoms with Gasteiger partial charge in [-0.2, -0.15) is 0 Å². The van der Waals surface area contributed by atoms with E-state index in [2.05, 4.69) is 0 Å². The van der Waals surface area contributed by atoms with Gasteiger partial charge in [-0.1, -0.05) is 23.7 Å². The molecule has 1 rings (SSSR count). The third-order valence-electron chi connectivity index (χ3n) is 1.73. The number of aliphatic hydroxyl groups is 2. The molecule has 0 radical (unpaired) electrons. The zero-order valence-corrected chi connectivity index (χ0v) is 7.95. The van der Waals surface area contributed by atoms with Crippen molar-refractivity contribution in [2.24, 2.45) is 0 Å². The first-order valence-corrected chi connectivity index (χ1v) is 4.19. The number of para-hydroxylation sites is 1. The summed E-state index contributed by atoms with van der Waals surface area (Å²) in [7, 11) is 1.47. The van der Waals surface area contributed by atoms with Crippen LogP contribution in [0.4, 0.5) is 0 Å². The number of rotatable bonds is 3. The van der Waals surface area contributed by atoms with Crippen LogP contribution in [0.5, 0.6) is 5.75 Å². The maximum atomic E-state index is 9.38. The topological polar surface area (TPSA) is 49.7 Å². The van der Waals surface area contributed by atoms with Gasteiger partial charge in [0.05, 0.1) is 18.7 Å². The lowest BCUT2D eigenvalue weighted by atomic mass is 10.1. The predicted molar refractivity (Wildman–Crippen MR) is 50.0 cm³/mol. The Hall–Kier alpha value is -0.770. The highest BCUT2D eigenvalue weighted by molar-refractivity contribution is 6.32. The van der Waals surface area contributed by atoms with Gasteiger partial charge >= 0.3 is 0 Å². The largest absolute Gasteiger partial charge is 0.495 e. The SMILES string of the molecule is COc1c(Cl)cccc1C(O)CO. The number of aliphatic hydroxyl groups excluding tert-OH is 2. The fourth-order valence-electron chi connectivity index (χ4n) is 1.10. The molecule has 0 bridgehead atoms. The van der Waals surface area contributed by atoms with Crippen LogP contribution in [-0.4, -0.2) is 23.9 Å². The van der Waals surface area contributed by atoms with Crippen LogP contribution in [0.2, 0.25) is 5.02 Å². The van der Waals surface area contributed by atoms with E-state index >= 15 is 0 Å². The van der Waals surface area contributed by atoms with Gasteiger partial charge in [0, 0.05) is 5.56 Å². The summed E-state index contributed by atoms with van der Waals surface area (Å²) in [6.07, 6.45) is -0.950. The maximum absolute atomic E-state index is 9.38. The van der Waals surface area contributed by atoms with E-state index < -0.39 is 6.10 Å². The molecule has 0 aliphatic carbocycles. The molecule has 13 heavy (non-hydrogen) atoms. The third kappa shape index (κ3) is 2.12. The minimum Gasteiger partial charge on any atom is -0.495 e. The van der Waals surface area contributed by atoms with Gasteiger partial charge in [0.1, 0.15) is 11.9 Å². The highest BCUT2D eigenvalue weighted by atomic mass is 35.5. The fraction of sp³-hybridized carbons (Fsp3) is 0.333. The summed E-state index contributed by atoms with van der Waals surface area (Å²) in [5.74, 6) is 0.408. The summed E-state index contributed by atoms with van der Waals surface area (Å²) in [5.41, 5.74) is 0.498.